The molecule has 2 rings (SSSR count). The number of hydrogen-bond donors (Lipinski definition) is 1. The largest absolute Gasteiger partial charge is 0.222 e. The molecule has 16 heavy (non-hydrogen) atoms. The van der Waals surface area contributed by atoms with Crippen molar-refractivity contribution in [2.75, 3.05) is 5.84 Å². The van der Waals surface area contributed by atoms with E-state index in [0.717, 1.165) is 5.39 Å². The number of nitrogen functional groups attached to an aromatic ring is 1. The minimum absolute atomic E-state index is 1.16. The number of pyridine rings is 1. The summed E-state index contributed by atoms with van der Waals surface area (Å²) in [4.78, 5) is 0. The van der Waals surface area contributed by atoms with Crippen LogP contribution in [-0.2, 0) is 0 Å². The number of fused-ring (bicyclic) bond motifs is 1. The number of halogens is 1. The fraction of sp³-hybridized carbons (Fsp3) is 0. The van der Waals surface area contributed by atoms with Crippen LogP contribution in [0.25, 0.3) is 10.8 Å². The lowest BCUT2D eigenvalue weighted by Crippen LogP contribution is -2.68. The van der Waals surface area contributed by atoms with E-state index in [0.29, 0.717) is 0 Å². The zero-order chi connectivity index (χ0) is 12.2. The van der Waals surface area contributed by atoms with E-state index in [1.807, 2.05) is 36.7 Å². The van der Waals surface area contributed by atoms with Gasteiger partial charge in [0.1, 0.15) is 0 Å². The van der Waals surface area contributed by atoms with Crippen LogP contribution in [0.15, 0.2) is 42.7 Å². The third-order valence-electron chi connectivity index (χ3n) is 1.71. The summed E-state index contributed by atoms with van der Waals surface area (Å²) in [5, 5.41) is 2.38. The molecule has 2 aromatic rings. The molecule has 0 unspecified atom stereocenters. The van der Waals surface area contributed by atoms with Crippen molar-refractivity contribution in [3.8, 4) is 0 Å². The average Bonchev–Trinajstić information content (AvgIpc) is 2.15. The third kappa shape index (κ3) is 4.87. The first-order valence-corrected chi connectivity index (χ1v) is 5.36. The molecule has 0 atom stereocenters. The third-order valence-corrected chi connectivity index (χ3v) is 1.71. The van der Waals surface area contributed by atoms with E-state index in [4.69, 9.17) is 24.5 Å². The van der Waals surface area contributed by atoms with Gasteiger partial charge in [0.25, 0.3) is 0 Å². The van der Waals surface area contributed by atoms with Gasteiger partial charge in [-0.3, -0.25) is 0 Å². The van der Waals surface area contributed by atoms with Gasteiger partial charge in [0.2, 0.25) is 6.20 Å². The molecule has 0 aliphatic heterocycles. The first-order chi connectivity index (χ1) is 7.36. The second-order valence-electron chi connectivity index (χ2n) is 2.90. The summed E-state index contributed by atoms with van der Waals surface area (Å²) in [5.74, 6) is 5.54. The maximum absolute atomic E-state index is 8.49. The number of benzene rings is 1. The van der Waals surface area contributed by atoms with Gasteiger partial charge in [-0.25, -0.2) is 24.5 Å². The standard InChI is InChI=1S/C9H9N2.ClHO4/c10-11-6-5-8-3-1-2-4-9(8)7-11;2-1(3,4)5/h1-7H,10H2;(H,2,3,4,5)/q+1;/p-1. The number of nitrogens with zero attached hydrogens (tertiary/aromatic N) is 1. The lowest BCUT2D eigenvalue weighted by Gasteiger charge is -2.17. The van der Waals surface area contributed by atoms with Crippen molar-refractivity contribution in [1.29, 1.82) is 0 Å². The maximum Gasteiger partial charge on any atom is 0.206 e. The molecule has 6 nitrogen and oxygen atoms in total. The molecule has 0 saturated carbocycles. The number of aromatic nitrogens is 1. The minimum Gasteiger partial charge on any atom is -0.222 e. The van der Waals surface area contributed by atoms with Crippen molar-refractivity contribution >= 4 is 10.8 Å². The highest BCUT2D eigenvalue weighted by molar-refractivity contribution is 5.80. The molecule has 0 saturated heterocycles. The molecular formula is C9H9ClN2O4. The van der Waals surface area contributed by atoms with E-state index in [-0.39, 0.29) is 0 Å². The molecule has 1 heterocycles. The first kappa shape index (κ1) is 12.6. The van der Waals surface area contributed by atoms with Crippen LogP contribution in [0.2, 0.25) is 0 Å². The fourth-order valence-electron chi connectivity index (χ4n) is 1.15. The van der Waals surface area contributed by atoms with Crippen molar-refractivity contribution in [1.82, 2.24) is 0 Å². The van der Waals surface area contributed by atoms with E-state index >= 15 is 0 Å². The topological polar surface area (TPSA) is 122 Å². The van der Waals surface area contributed by atoms with Gasteiger partial charge in [-0.2, -0.15) is 0 Å². The monoisotopic (exact) mass is 244 g/mol. The average molecular weight is 245 g/mol. The number of rotatable bonds is 0. The van der Waals surface area contributed by atoms with E-state index in [1.54, 1.807) is 4.68 Å². The van der Waals surface area contributed by atoms with Gasteiger partial charge in [-0.05, 0) is 11.5 Å². The molecule has 0 radical (unpaired) electrons. The van der Waals surface area contributed by atoms with Crippen molar-refractivity contribution in [2.24, 2.45) is 0 Å². The molecule has 0 amide bonds. The van der Waals surface area contributed by atoms with Crippen molar-refractivity contribution in [2.45, 2.75) is 0 Å². The summed E-state index contributed by atoms with van der Waals surface area (Å²) in [6, 6.07) is 10.1. The van der Waals surface area contributed by atoms with Crippen LogP contribution in [0.3, 0.4) is 0 Å². The van der Waals surface area contributed by atoms with Gasteiger partial charge < -0.3 is 0 Å². The Morgan fingerprint density at radius 1 is 0.938 bits per heavy atom. The quantitative estimate of drug-likeness (QED) is 0.375. The van der Waals surface area contributed by atoms with E-state index in [9.17, 15) is 0 Å². The molecule has 86 valence electrons. The van der Waals surface area contributed by atoms with Gasteiger partial charge in [0.15, 0.2) is 6.20 Å². The van der Waals surface area contributed by atoms with Gasteiger partial charge in [-0.15, -0.1) is 10.2 Å². The maximum atomic E-state index is 8.49. The molecule has 1 aromatic heterocycles. The molecule has 2 N–H and O–H groups in total. The number of nitrogens with two attached hydrogens (primary N) is 1. The molecule has 0 aliphatic rings. The summed E-state index contributed by atoms with van der Waals surface area (Å²) >= 11 is 0. The lowest BCUT2D eigenvalue weighted by molar-refractivity contribution is -2.00. The zero-order valence-corrected chi connectivity index (χ0v) is 8.83. The van der Waals surface area contributed by atoms with Crippen molar-refractivity contribution in [3.63, 3.8) is 0 Å². The second kappa shape index (κ2) is 5.06. The van der Waals surface area contributed by atoms with Crippen molar-refractivity contribution in [3.05, 3.63) is 42.7 Å². The second-order valence-corrected chi connectivity index (χ2v) is 3.65. The van der Waals surface area contributed by atoms with Crippen LogP contribution in [0.5, 0.6) is 0 Å². The Balaban J connectivity index is 0.000000221. The van der Waals surface area contributed by atoms with E-state index < -0.39 is 10.2 Å². The smallest absolute Gasteiger partial charge is 0.206 e. The molecule has 0 bridgehead atoms. The Bertz CT molecular complexity index is 466. The molecule has 0 aliphatic carbocycles. The Kier molecular flexibility index (Phi) is 3.99. The molecule has 0 spiro atoms. The highest BCUT2D eigenvalue weighted by Gasteiger charge is 1.95. The highest BCUT2D eigenvalue weighted by Crippen LogP contribution is 2.08. The van der Waals surface area contributed by atoms with Gasteiger partial charge in [-0.1, -0.05) is 22.9 Å². The molecule has 1 aromatic carbocycles. The van der Waals surface area contributed by atoms with Gasteiger partial charge in [0.05, 0.1) is 0 Å². The fourth-order valence-corrected chi connectivity index (χ4v) is 1.15. The molecule has 7 heteroatoms. The predicted molar refractivity (Wildman–Crippen MR) is 44.3 cm³/mol. The predicted octanol–water partition coefficient (Wildman–Crippen LogP) is -3.91. The summed E-state index contributed by atoms with van der Waals surface area (Å²) in [5.41, 5.74) is 0. The zero-order valence-electron chi connectivity index (χ0n) is 8.08. The molecule has 0 fully saturated rings. The van der Waals surface area contributed by atoms with Crippen LogP contribution < -0.4 is 29.2 Å². The summed E-state index contributed by atoms with van der Waals surface area (Å²) in [6.45, 7) is 0. The van der Waals surface area contributed by atoms with E-state index in [1.165, 1.54) is 5.39 Å². The Morgan fingerprint density at radius 3 is 2.00 bits per heavy atom. The lowest BCUT2D eigenvalue weighted by atomic mass is 10.2. The first-order valence-electron chi connectivity index (χ1n) is 4.13. The summed E-state index contributed by atoms with van der Waals surface area (Å²) in [7, 11) is -4.94. The Labute approximate surface area is 93.5 Å². The SMILES string of the molecule is N[n+]1ccc2ccccc2c1.[O-][Cl+3]([O-])([O-])[O-]. The highest BCUT2D eigenvalue weighted by atomic mass is 35.7. The van der Waals surface area contributed by atoms with Gasteiger partial charge in [0, 0.05) is 11.5 Å². The molecular weight excluding hydrogens is 236 g/mol. The summed E-state index contributed by atoms with van der Waals surface area (Å²) in [6.07, 6.45) is 3.73. The summed E-state index contributed by atoms with van der Waals surface area (Å²) < 4.78 is 35.5. The minimum atomic E-state index is -4.94. The van der Waals surface area contributed by atoms with Crippen LogP contribution >= 0.6 is 0 Å². The normalized spacial score (nSPS) is 10.8. The Morgan fingerprint density at radius 2 is 1.44 bits per heavy atom. The van der Waals surface area contributed by atoms with Crippen LogP contribution in [-0.4, -0.2) is 0 Å². The van der Waals surface area contributed by atoms with Crippen LogP contribution in [0, 0.1) is 10.2 Å². The van der Waals surface area contributed by atoms with Crippen LogP contribution in [0.4, 0.5) is 0 Å². The van der Waals surface area contributed by atoms with E-state index in [2.05, 4.69) is 6.07 Å². The van der Waals surface area contributed by atoms with Crippen molar-refractivity contribution < 1.29 is 33.6 Å². The van der Waals surface area contributed by atoms with Crippen LogP contribution in [0.1, 0.15) is 0 Å². The van der Waals surface area contributed by atoms with Gasteiger partial charge >= 0.3 is 0 Å². The number of hydrogen-bond acceptors (Lipinski definition) is 5. The Hall–Kier alpha value is -1.44.